The minimum atomic E-state index is -5.01. The number of ketones is 1. The molecule has 3 heterocycles. The van der Waals surface area contributed by atoms with Crippen LogP contribution in [0.3, 0.4) is 0 Å². The SMILES string of the molecule is C=C(C)C1CC(=O)C(C)=C(C2CCN(c3cnc(N(Cc4cc(C(F)(F)F)cc(C(F)(F)F)c4)Cc4cc5ccccc5c(OCCOC)n4)nc3)CC2)C1. The number of alkyl halides is 6. The van der Waals surface area contributed by atoms with Crippen LogP contribution in [-0.4, -0.2) is 54.1 Å². The molecule has 55 heavy (non-hydrogen) atoms. The molecule has 0 spiro atoms. The van der Waals surface area contributed by atoms with Gasteiger partial charge < -0.3 is 19.3 Å². The molecule has 0 radical (unpaired) electrons. The van der Waals surface area contributed by atoms with Crippen molar-refractivity contribution in [3.8, 4) is 5.88 Å². The zero-order valence-corrected chi connectivity index (χ0v) is 30.9. The van der Waals surface area contributed by atoms with Gasteiger partial charge in [-0.3, -0.25) is 4.79 Å². The second-order valence-corrected chi connectivity index (χ2v) is 14.3. The predicted molar refractivity (Wildman–Crippen MR) is 198 cm³/mol. The number of carbonyl (C=O) groups is 1. The van der Waals surface area contributed by atoms with Crippen molar-refractivity contribution < 1.29 is 40.6 Å². The van der Waals surface area contributed by atoms with Gasteiger partial charge in [-0.25, -0.2) is 15.0 Å². The maximum Gasteiger partial charge on any atom is 0.416 e. The molecule has 6 rings (SSSR count). The Labute approximate surface area is 315 Å². The normalized spacial score (nSPS) is 17.2. The van der Waals surface area contributed by atoms with E-state index in [0.29, 0.717) is 49.8 Å². The van der Waals surface area contributed by atoms with Crippen molar-refractivity contribution in [3.05, 3.63) is 107 Å². The Kier molecular flexibility index (Phi) is 11.8. The monoisotopic (exact) mass is 767 g/mol. The highest BCUT2D eigenvalue weighted by Crippen LogP contribution is 2.40. The molecule has 1 fully saturated rings. The molecular formula is C41H43F6N5O3. The van der Waals surface area contributed by atoms with Crippen LogP contribution >= 0.6 is 0 Å². The molecule has 0 N–H and O–H groups in total. The van der Waals surface area contributed by atoms with Crippen molar-refractivity contribution >= 4 is 28.2 Å². The van der Waals surface area contributed by atoms with E-state index in [1.165, 1.54) is 17.6 Å². The molecule has 1 aliphatic heterocycles. The quantitative estimate of drug-likeness (QED) is 0.0802. The van der Waals surface area contributed by atoms with Gasteiger partial charge in [0.2, 0.25) is 11.8 Å². The number of piperidine rings is 1. The Balaban J connectivity index is 1.29. The number of carbonyl (C=O) groups excluding carboxylic acids is 1. The van der Waals surface area contributed by atoms with E-state index in [4.69, 9.17) is 9.47 Å². The van der Waals surface area contributed by atoms with Crippen LogP contribution in [0.1, 0.15) is 61.9 Å². The summed E-state index contributed by atoms with van der Waals surface area (Å²) in [5.74, 6) is 1.00. The number of halogens is 6. The molecule has 1 unspecified atom stereocenters. The molecule has 1 aliphatic carbocycles. The van der Waals surface area contributed by atoms with Crippen LogP contribution in [0.15, 0.2) is 84.2 Å². The summed E-state index contributed by atoms with van der Waals surface area (Å²) in [5, 5.41) is 1.50. The van der Waals surface area contributed by atoms with E-state index in [0.717, 1.165) is 46.9 Å². The number of hydrogen-bond acceptors (Lipinski definition) is 8. The van der Waals surface area contributed by atoms with Crippen LogP contribution in [0.5, 0.6) is 5.88 Å². The lowest BCUT2D eigenvalue weighted by atomic mass is 9.73. The summed E-state index contributed by atoms with van der Waals surface area (Å²) in [4.78, 5) is 30.3. The van der Waals surface area contributed by atoms with Gasteiger partial charge >= 0.3 is 12.4 Å². The van der Waals surface area contributed by atoms with Crippen molar-refractivity contribution in [2.75, 3.05) is 43.2 Å². The molecule has 292 valence electrons. The standard InChI is InChI=1S/C41H43F6N5O3/c1-25(2)30-18-36(26(3)37(53)19-30)28-9-11-51(12-10-28)34-21-48-39(49-22-34)52(23-27-15-31(40(42,43)44)20-32(16-27)41(45,46)47)24-33-17-29-7-5-6-8-35(29)38(50-33)55-14-13-54-4/h5-8,15-17,20-22,28,30H,1,9-14,18-19,23-24H2,2-4H3. The van der Waals surface area contributed by atoms with Crippen LogP contribution in [0, 0.1) is 11.8 Å². The van der Waals surface area contributed by atoms with Crippen molar-refractivity contribution in [1.82, 2.24) is 15.0 Å². The van der Waals surface area contributed by atoms with E-state index in [1.807, 2.05) is 38.1 Å². The topological polar surface area (TPSA) is 80.7 Å². The van der Waals surface area contributed by atoms with Crippen molar-refractivity contribution in [1.29, 1.82) is 0 Å². The number of pyridine rings is 1. The van der Waals surface area contributed by atoms with E-state index >= 15 is 0 Å². The fourth-order valence-electron chi connectivity index (χ4n) is 7.35. The van der Waals surface area contributed by atoms with Gasteiger partial charge in [-0.2, -0.15) is 26.3 Å². The van der Waals surface area contributed by atoms with E-state index in [1.54, 1.807) is 18.5 Å². The maximum absolute atomic E-state index is 13.8. The fraction of sp³-hybridized carbons (Fsp3) is 0.415. The molecular weight excluding hydrogens is 724 g/mol. The van der Waals surface area contributed by atoms with Gasteiger partial charge in [0, 0.05) is 38.6 Å². The first-order chi connectivity index (χ1) is 26.1. The molecule has 2 aromatic carbocycles. The first kappa shape index (κ1) is 39.7. The molecule has 4 aromatic rings. The second-order valence-electron chi connectivity index (χ2n) is 14.3. The maximum atomic E-state index is 13.8. The number of nitrogens with zero attached hydrogens (tertiary/aromatic N) is 5. The van der Waals surface area contributed by atoms with Gasteiger partial charge in [0.25, 0.3) is 0 Å². The third-order valence-electron chi connectivity index (χ3n) is 10.4. The smallest absolute Gasteiger partial charge is 0.416 e. The summed E-state index contributed by atoms with van der Waals surface area (Å²) in [6.45, 7) is 9.42. The lowest BCUT2D eigenvalue weighted by molar-refractivity contribution is -0.143. The highest BCUT2D eigenvalue weighted by atomic mass is 19.4. The van der Waals surface area contributed by atoms with Gasteiger partial charge in [0.05, 0.1) is 48.1 Å². The van der Waals surface area contributed by atoms with Crippen LogP contribution < -0.4 is 14.5 Å². The highest BCUT2D eigenvalue weighted by Gasteiger charge is 2.37. The number of methoxy groups -OCH3 is 1. The molecule has 1 saturated heterocycles. The zero-order chi connectivity index (χ0) is 39.5. The van der Waals surface area contributed by atoms with Crippen LogP contribution in [0.2, 0.25) is 0 Å². The number of fused-ring (bicyclic) bond motifs is 1. The highest BCUT2D eigenvalue weighted by molar-refractivity contribution is 5.97. The number of rotatable bonds is 12. The van der Waals surface area contributed by atoms with Crippen LogP contribution in [-0.2, 0) is 35.0 Å². The van der Waals surface area contributed by atoms with Gasteiger partial charge in [0.1, 0.15) is 6.61 Å². The number of benzene rings is 2. The summed E-state index contributed by atoms with van der Waals surface area (Å²) in [7, 11) is 1.53. The van der Waals surface area contributed by atoms with Gasteiger partial charge in [-0.1, -0.05) is 35.9 Å². The van der Waals surface area contributed by atoms with Crippen molar-refractivity contribution in [3.63, 3.8) is 0 Å². The molecule has 2 aromatic heterocycles. The first-order valence-electron chi connectivity index (χ1n) is 18.1. The predicted octanol–water partition coefficient (Wildman–Crippen LogP) is 9.38. The van der Waals surface area contributed by atoms with E-state index in [9.17, 15) is 31.1 Å². The molecule has 8 nitrogen and oxygen atoms in total. The van der Waals surface area contributed by atoms with Crippen LogP contribution in [0.25, 0.3) is 10.8 Å². The Morgan fingerprint density at radius 3 is 2.20 bits per heavy atom. The summed E-state index contributed by atoms with van der Waals surface area (Å²) in [6, 6.07) is 10.7. The lowest BCUT2D eigenvalue weighted by Crippen LogP contribution is -2.36. The van der Waals surface area contributed by atoms with E-state index in [-0.39, 0.29) is 54.9 Å². The number of allylic oxidation sites excluding steroid dienone is 3. The third-order valence-corrected chi connectivity index (χ3v) is 10.4. The van der Waals surface area contributed by atoms with Gasteiger partial charge in [0.15, 0.2) is 5.78 Å². The van der Waals surface area contributed by atoms with E-state index < -0.39 is 23.5 Å². The summed E-state index contributed by atoms with van der Waals surface area (Å²) in [6.07, 6.45) is -3.78. The Morgan fingerprint density at radius 1 is 0.927 bits per heavy atom. The molecule has 2 aliphatic rings. The summed E-state index contributed by atoms with van der Waals surface area (Å²) in [5.41, 5.74) is 1.20. The number of aromatic nitrogens is 3. The zero-order valence-electron chi connectivity index (χ0n) is 30.9. The fourth-order valence-corrected chi connectivity index (χ4v) is 7.35. The molecule has 0 amide bonds. The average molecular weight is 768 g/mol. The Hall–Kier alpha value is -4.98. The largest absolute Gasteiger partial charge is 0.475 e. The minimum Gasteiger partial charge on any atom is -0.475 e. The molecule has 0 saturated carbocycles. The van der Waals surface area contributed by atoms with E-state index in [2.05, 4.69) is 26.4 Å². The minimum absolute atomic E-state index is 0.0633. The first-order valence-corrected chi connectivity index (χ1v) is 18.1. The number of anilines is 2. The number of hydrogen-bond donors (Lipinski definition) is 0. The molecule has 0 bridgehead atoms. The Bertz CT molecular complexity index is 2020. The van der Waals surface area contributed by atoms with Crippen LogP contribution in [0.4, 0.5) is 38.0 Å². The average Bonchev–Trinajstić information content (AvgIpc) is 3.15. The van der Waals surface area contributed by atoms with Gasteiger partial charge in [-0.05, 0) is 91.8 Å². The summed E-state index contributed by atoms with van der Waals surface area (Å²) >= 11 is 0. The van der Waals surface area contributed by atoms with Gasteiger partial charge in [-0.15, -0.1) is 0 Å². The number of Topliss-reactive ketones (excluding diaryl/α,β-unsaturated/α-hetero) is 1. The lowest BCUT2D eigenvalue weighted by Gasteiger charge is -2.37. The second kappa shape index (κ2) is 16.4. The third kappa shape index (κ3) is 9.46. The van der Waals surface area contributed by atoms with Crippen molar-refractivity contribution in [2.45, 2.75) is 65.0 Å². The molecule has 14 heteroatoms. The Morgan fingerprint density at radius 2 is 1.58 bits per heavy atom. The summed E-state index contributed by atoms with van der Waals surface area (Å²) < 4.78 is 94.0. The van der Waals surface area contributed by atoms with Crippen molar-refractivity contribution in [2.24, 2.45) is 11.8 Å². The number of ether oxygens (including phenoxy) is 2. The molecule has 1 atom stereocenters.